The van der Waals surface area contributed by atoms with Crippen molar-refractivity contribution < 1.29 is 6.85 Å². The molecule has 0 fully saturated rings. The van der Waals surface area contributed by atoms with Gasteiger partial charge in [0.15, 0.2) is 0 Å². The van der Waals surface area contributed by atoms with E-state index in [9.17, 15) is 0 Å². The Morgan fingerprint density at radius 2 is 1.06 bits per heavy atom. The summed E-state index contributed by atoms with van der Waals surface area (Å²) >= 11 is 1.84. The molecule has 0 saturated heterocycles. The predicted molar refractivity (Wildman–Crippen MR) is 220 cm³/mol. The molecule has 3 heteroatoms. The zero-order valence-corrected chi connectivity index (χ0v) is 27.7. The molecule has 0 spiro atoms. The van der Waals surface area contributed by atoms with Crippen LogP contribution in [0.1, 0.15) is 6.85 Å². The van der Waals surface area contributed by atoms with E-state index in [1.165, 1.54) is 79.9 Å². The van der Waals surface area contributed by atoms with Crippen molar-refractivity contribution in [2.45, 2.75) is 0 Å². The summed E-state index contributed by atoms with van der Waals surface area (Å²) < 4.78 is 50.1. The van der Waals surface area contributed by atoms with Crippen LogP contribution in [0.5, 0.6) is 0 Å². The topological polar surface area (TPSA) is 8.82 Å². The Morgan fingerprint density at radius 3 is 1.90 bits per heavy atom. The summed E-state index contributed by atoms with van der Waals surface area (Å²) in [6.45, 7) is 0. The molecule has 0 aliphatic rings. The summed E-state index contributed by atoms with van der Waals surface area (Å²) in [6.07, 6.45) is 0. The number of hydrogen-bond donors (Lipinski definition) is 0. The Hall–Kier alpha value is -6.42. The van der Waals surface area contributed by atoms with E-state index >= 15 is 0 Å². The highest BCUT2D eigenvalue weighted by Gasteiger charge is 2.25. The van der Waals surface area contributed by atoms with Gasteiger partial charge in [-0.25, -0.2) is 0 Å². The number of para-hydroxylation sites is 2. The normalized spacial score (nSPS) is 14.1. The summed E-state index contributed by atoms with van der Waals surface area (Å²) in [4.78, 5) is 0. The SMILES string of the molecule is [2H]c1c([2H])c([2H])c(-c2ccccc2-c2ccc3c4c5sc6ccccc6c5cc5c6cc7c(cc6n(c3c2)c54)c2cccc3c4ccccc4n7c32)c([2H])c1[2H]. The Morgan fingerprint density at radius 1 is 0.412 bits per heavy atom. The molecule has 5 aromatic heterocycles. The van der Waals surface area contributed by atoms with E-state index in [2.05, 4.69) is 112 Å². The van der Waals surface area contributed by atoms with Crippen molar-refractivity contribution in [2.24, 2.45) is 0 Å². The van der Waals surface area contributed by atoms with Crippen molar-refractivity contribution in [3.8, 4) is 22.3 Å². The van der Waals surface area contributed by atoms with Crippen LogP contribution in [-0.4, -0.2) is 8.80 Å². The zero-order chi connectivity index (χ0) is 37.3. The van der Waals surface area contributed by atoms with Gasteiger partial charge in [0.05, 0.1) is 40.0 Å². The highest BCUT2D eigenvalue weighted by Crippen LogP contribution is 2.50. The number of benzene rings is 8. The predicted octanol–water partition coefficient (Wildman–Crippen LogP) is 13.7. The molecule has 0 radical (unpaired) electrons. The standard InChI is InChI=1S/C48H26N2S/c1-2-11-27(12-3-1)29-13-4-5-14-30(29)28-21-22-35-41(23-28)50-43-25-36-34-18-10-17-33-31-15-6-8-19-40(31)49(46(33)34)42(36)26-37(43)38-24-39-32-16-7-9-20-44(32)51-48(39)45(35)47(38)50/h1-26H/i1D,2D,3D,11D,12D. The number of rotatable bonds is 2. The van der Waals surface area contributed by atoms with Gasteiger partial charge in [-0.3, -0.25) is 0 Å². The number of aromatic nitrogens is 2. The largest absolute Gasteiger partial charge is 0.308 e. The second-order valence-corrected chi connectivity index (χ2v) is 14.7. The van der Waals surface area contributed by atoms with Gasteiger partial charge in [-0.15, -0.1) is 11.3 Å². The van der Waals surface area contributed by atoms with Crippen LogP contribution in [0, 0.1) is 0 Å². The number of hydrogen-bond acceptors (Lipinski definition) is 1. The van der Waals surface area contributed by atoms with Crippen molar-refractivity contribution in [1.29, 1.82) is 0 Å². The summed E-state index contributed by atoms with van der Waals surface area (Å²) in [7, 11) is 0. The first-order valence-electron chi connectivity index (χ1n) is 19.7. The highest BCUT2D eigenvalue weighted by molar-refractivity contribution is 7.26. The van der Waals surface area contributed by atoms with Gasteiger partial charge in [-0.2, -0.15) is 0 Å². The fraction of sp³-hybridized carbons (Fsp3) is 0. The molecule has 8 aromatic carbocycles. The molecule has 0 bridgehead atoms. The maximum absolute atomic E-state index is 8.82. The monoisotopic (exact) mass is 667 g/mol. The van der Waals surface area contributed by atoms with Gasteiger partial charge >= 0.3 is 0 Å². The lowest BCUT2D eigenvalue weighted by atomic mass is 9.94. The van der Waals surface area contributed by atoms with E-state index in [0.717, 1.165) is 27.5 Å². The van der Waals surface area contributed by atoms with Crippen LogP contribution < -0.4 is 0 Å². The summed E-state index contributed by atoms with van der Waals surface area (Å²) in [5.74, 6) is 0. The van der Waals surface area contributed by atoms with E-state index in [-0.39, 0.29) is 29.7 Å². The smallest absolute Gasteiger partial charge is 0.0635 e. The summed E-state index contributed by atoms with van der Waals surface area (Å²) in [5.41, 5.74) is 9.60. The molecule has 0 atom stereocenters. The van der Waals surface area contributed by atoms with E-state index in [4.69, 9.17) is 6.85 Å². The zero-order valence-electron chi connectivity index (χ0n) is 31.9. The third-order valence-corrected chi connectivity index (χ3v) is 12.5. The molecule has 13 rings (SSSR count). The lowest BCUT2D eigenvalue weighted by Crippen LogP contribution is -1.87. The third kappa shape index (κ3) is 3.19. The van der Waals surface area contributed by atoms with Crippen molar-refractivity contribution in [3.63, 3.8) is 0 Å². The second-order valence-electron chi connectivity index (χ2n) is 13.7. The average Bonchev–Trinajstić information content (AvgIpc) is 4.02. The molecular formula is C48H26N2S. The first-order chi connectivity index (χ1) is 27.4. The van der Waals surface area contributed by atoms with Crippen molar-refractivity contribution in [1.82, 2.24) is 8.80 Å². The van der Waals surface area contributed by atoms with Crippen LogP contribution in [0.15, 0.2) is 158 Å². The molecule has 234 valence electrons. The quantitative estimate of drug-likeness (QED) is 0.173. The summed E-state index contributed by atoms with van der Waals surface area (Å²) in [6, 6.07) is 44.0. The van der Waals surface area contributed by atoms with Gasteiger partial charge in [0.25, 0.3) is 0 Å². The van der Waals surface area contributed by atoms with Crippen LogP contribution in [0.25, 0.3) is 119 Å². The van der Waals surface area contributed by atoms with Crippen molar-refractivity contribution >= 4 is 108 Å². The maximum Gasteiger partial charge on any atom is 0.0635 e. The van der Waals surface area contributed by atoms with Crippen LogP contribution in [-0.2, 0) is 0 Å². The van der Waals surface area contributed by atoms with Gasteiger partial charge < -0.3 is 8.80 Å². The number of fused-ring (bicyclic) bond motifs is 16. The Labute approximate surface area is 302 Å². The third-order valence-electron chi connectivity index (χ3n) is 11.3. The van der Waals surface area contributed by atoms with Gasteiger partial charge in [0.1, 0.15) is 0 Å². The average molecular weight is 668 g/mol. The van der Waals surface area contributed by atoms with Crippen molar-refractivity contribution in [3.05, 3.63) is 158 Å². The van der Waals surface area contributed by atoms with Gasteiger partial charge in [0.2, 0.25) is 0 Å². The number of nitrogens with zero attached hydrogens (tertiary/aromatic N) is 2. The Bertz CT molecular complexity index is 3860. The number of thiophene rings is 1. The van der Waals surface area contributed by atoms with Crippen LogP contribution in [0.2, 0.25) is 0 Å². The molecule has 0 aliphatic carbocycles. The molecule has 2 nitrogen and oxygen atoms in total. The fourth-order valence-electron chi connectivity index (χ4n) is 9.20. The van der Waals surface area contributed by atoms with E-state index in [0.29, 0.717) is 5.56 Å². The molecule has 0 N–H and O–H groups in total. The Balaban J connectivity index is 1.20. The molecule has 5 heterocycles. The molecule has 0 unspecified atom stereocenters. The van der Waals surface area contributed by atoms with E-state index in [1.54, 1.807) is 0 Å². The highest BCUT2D eigenvalue weighted by atomic mass is 32.1. The first kappa shape index (κ1) is 22.3. The lowest BCUT2D eigenvalue weighted by molar-refractivity contribution is 1.36. The molecule has 13 aromatic rings. The van der Waals surface area contributed by atoms with Gasteiger partial charge in [-0.1, -0.05) is 121 Å². The minimum absolute atomic E-state index is 0.204. The Kier molecular flexibility index (Phi) is 4.04. The fourth-order valence-corrected chi connectivity index (χ4v) is 10.4. The maximum atomic E-state index is 8.82. The summed E-state index contributed by atoms with van der Waals surface area (Å²) in [5, 5.41) is 12.3. The molecule has 0 amide bonds. The molecule has 0 saturated carbocycles. The lowest BCUT2D eigenvalue weighted by Gasteiger charge is -2.11. The van der Waals surface area contributed by atoms with Gasteiger partial charge in [0, 0.05) is 63.3 Å². The minimum Gasteiger partial charge on any atom is -0.308 e. The van der Waals surface area contributed by atoms with Gasteiger partial charge in [-0.05, 0) is 58.7 Å². The van der Waals surface area contributed by atoms with Crippen LogP contribution in [0.4, 0.5) is 0 Å². The molecule has 0 aliphatic heterocycles. The van der Waals surface area contributed by atoms with Crippen LogP contribution >= 0.6 is 11.3 Å². The second kappa shape index (κ2) is 9.22. The minimum atomic E-state index is -0.392. The molecule has 51 heavy (non-hydrogen) atoms. The first-order valence-corrected chi connectivity index (χ1v) is 18.0. The van der Waals surface area contributed by atoms with Crippen molar-refractivity contribution in [2.75, 3.05) is 0 Å². The van der Waals surface area contributed by atoms with E-state index < -0.39 is 6.04 Å². The van der Waals surface area contributed by atoms with E-state index in [1.807, 2.05) is 35.6 Å². The van der Waals surface area contributed by atoms with Crippen LogP contribution in [0.3, 0.4) is 0 Å². The molecular weight excluding hydrogens is 637 g/mol.